The number of nitrogens with one attached hydrogen (secondary N) is 1. The lowest BCUT2D eigenvalue weighted by Gasteiger charge is -2.28. The van der Waals surface area contributed by atoms with Gasteiger partial charge in [0, 0.05) is 41.9 Å². The molecule has 0 unspecified atom stereocenters. The molecule has 3 aromatic heterocycles. The van der Waals surface area contributed by atoms with Gasteiger partial charge < -0.3 is 28.8 Å². The average Bonchev–Trinajstić information content (AvgIpc) is 3.38. The summed E-state index contributed by atoms with van der Waals surface area (Å²) in [6.45, 7) is 7.63. The molecular formula is C38H42N6O4. The van der Waals surface area contributed by atoms with Crippen molar-refractivity contribution in [2.24, 2.45) is 11.8 Å². The van der Waals surface area contributed by atoms with Crippen molar-refractivity contribution in [2.75, 3.05) is 13.7 Å². The quantitative estimate of drug-likeness (QED) is 0.203. The fraction of sp³-hybridized carbons (Fsp3) is 0.421. The Morgan fingerprint density at radius 3 is 2.58 bits per heavy atom. The first-order chi connectivity index (χ1) is 23.2. The highest BCUT2D eigenvalue weighted by molar-refractivity contribution is 6.00. The summed E-state index contributed by atoms with van der Waals surface area (Å²) >= 11 is 0. The predicted octanol–water partition coefficient (Wildman–Crippen LogP) is 6.65. The van der Waals surface area contributed by atoms with Crippen LogP contribution in [0, 0.1) is 11.8 Å². The number of ether oxygens (including phenoxy) is 2. The van der Waals surface area contributed by atoms with Gasteiger partial charge in [-0.15, -0.1) is 0 Å². The Morgan fingerprint density at radius 1 is 1.00 bits per heavy atom. The number of rotatable bonds is 8. The number of methoxy groups -OCH3 is 1. The standard InChI is InChI=1S/C38H42N6O4/c1-38(2,3)48-37(46)41-33-26-13-14-30(33)43(22-26)36(45)27-16-28-34(32(18-27)47-4)44(21-24-8-7-15-39-19-24)35(40-28)31-17-25-9-5-6-10-29(25)42(31)20-23-11-12-23/h5-10,15-19,23,26,30,33H,11-14,20-22H2,1-4H3,(H,41,46)/t26-,30-,33-/m1/s1. The Hall–Kier alpha value is -4.86. The number of imidazole rings is 1. The largest absolute Gasteiger partial charge is 0.494 e. The fourth-order valence-electron chi connectivity index (χ4n) is 7.74. The lowest BCUT2D eigenvalue weighted by atomic mass is 10.1. The molecule has 248 valence electrons. The third-order valence-corrected chi connectivity index (χ3v) is 10.0. The molecule has 1 aliphatic heterocycles. The van der Waals surface area contributed by atoms with Crippen LogP contribution in [0.3, 0.4) is 0 Å². The highest BCUT2D eigenvalue weighted by Gasteiger charge is 2.50. The van der Waals surface area contributed by atoms with Gasteiger partial charge in [0.2, 0.25) is 0 Å². The van der Waals surface area contributed by atoms with E-state index in [9.17, 15) is 9.59 Å². The number of alkyl carbamates (subject to hydrolysis) is 1. The monoisotopic (exact) mass is 646 g/mol. The van der Waals surface area contributed by atoms with Crippen LogP contribution in [-0.2, 0) is 17.8 Å². The number of fused-ring (bicyclic) bond motifs is 4. The van der Waals surface area contributed by atoms with Crippen molar-refractivity contribution in [2.45, 2.75) is 77.2 Å². The van der Waals surface area contributed by atoms with Gasteiger partial charge in [-0.05, 0) is 94.2 Å². The van der Waals surface area contributed by atoms with Crippen LogP contribution in [0.25, 0.3) is 33.5 Å². The molecule has 3 fully saturated rings. The second kappa shape index (κ2) is 11.7. The smallest absolute Gasteiger partial charge is 0.407 e. The summed E-state index contributed by atoms with van der Waals surface area (Å²) < 4.78 is 16.2. The van der Waals surface area contributed by atoms with E-state index in [1.54, 1.807) is 13.3 Å². The van der Waals surface area contributed by atoms with Crippen molar-refractivity contribution < 1.29 is 19.1 Å². The second-order valence-corrected chi connectivity index (χ2v) is 14.6. The van der Waals surface area contributed by atoms with Gasteiger partial charge in [-0.25, -0.2) is 9.78 Å². The number of para-hydroxylation sites is 1. The number of amides is 2. The Balaban J connectivity index is 1.20. The third-order valence-electron chi connectivity index (χ3n) is 10.0. The number of pyridine rings is 1. The maximum absolute atomic E-state index is 14.2. The van der Waals surface area contributed by atoms with Crippen LogP contribution in [0.4, 0.5) is 4.79 Å². The van der Waals surface area contributed by atoms with E-state index in [1.807, 2.05) is 50.1 Å². The molecule has 2 bridgehead atoms. The summed E-state index contributed by atoms with van der Waals surface area (Å²) in [5.41, 5.74) is 4.76. The van der Waals surface area contributed by atoms with E-state index in [0.29, 0.717) is 35.8 Å². The summed E-state index contributed by atoms with van der Waals surface area (Å²) in [6.07, 6.45) is 7.51. The molecule has 4 heterocycles. The summed E-state index contributed by atoms with van der Waals surface area (Å²) in [5, 5.41) is 4.24. The molecule has 48 heavy (non-hydrogen) atoms. The van der Waals surface area contributed by atoms with Gasteiger partial charge in [-0.1, -0.05) is 24.3 Å². The normalized spacial score (nSPS) is 20.5. The molecule has 2 saturated carbocycles. The lowest BCUT2D eigenvalue weighted by molar-refractivity contribution is 0.0485. The minimum atomic E-state index is -0.589. The number of piperidine rings is 1. The topological polar surface area (TPSA) is 104 Å². The zero-order chi connectivity index (χ0) is 33.2. The Morgan fingerprint density at radius 2 is 1.83 bits per heavy atom. The SMILES string of the molecule is COc1cc(C(=O)N2C[C@H]3CC[C@@H]2[C@@H]3NC(=O)OC(C)(C)C)cc2nc(-c3cc4ccccc4n3CC3CC3)n(Cc3cccnc3)c12. The van der Waals surface area contributed by atoms with E-state index in [4.69, 9.17) is 14.5 Å². The number of aromatic nitrogens is 4. The van der Waals surface area contributed by atoms with E-state index in [-0.39, 0.29) is 23.9 Å². The molecule has 5 aromatic rings. The van der Waals surface area contributed by atoms with E-state index < -0.39 is 11.7 Å². The van der Waals surface area contributed by atoms with Crippen LogP contribution in [0.2, 0.25) is 0 Å². The molecular weight excluding hydrogens is 604 g/mol. The van der Waals surface area contributed by atoms with E-state index in [0.717, 1.165) is 42.0 Å². The number of benzene rings is 2. The molecule has 3 atom stereocenters. The molecule has 2 aromatic carbocycles. The number of carbonyl (C=O) groups is 2. The van der Waals surface area contributed by atoms with Gasteiger partial charge in [0.05, 0.1) is 36.9 Å². The Bertz CT molecular complexity index is 2020. The van der Waals surface area contributed by atoms with Crippen LogP contribution in [0.5, 0.6) is 5.75 Å². The van der Waals surface area contributed by atoms with Crippen molar-refractivity contribution >= 4 is 33.9 Å². The van der Waals surface area contributed by atoms with Gasteiger partial charge in [-0.2, -0.15) is 0 Å². The fourth-order valence-corrected chi connectivity index (χ4v) is 7.74. The maximum Gasteiger partial charge on any atom is 0.407 e. The van der Waals surface area contributed by atoms with E-state index in [2.05, 4.69) is 55.8 Å². The molecule has 1 saturated heterocycles. The zero-order valence-corrected chi connectivity index (χ0v) is 28.0. The summed E-state index contributed by atoms with van der Waals surface area (Å²) in [7, 11) is 1.65. The van der Waals surface area contributed by atoms with E-state index >= 15 is 0 Å². The third kappa shape index (κ3) is 5.56. The Kier molecular flexibility index (Phi) is 7.42. The van der Waals surface area contributed by atoms with Gasteiger partial charge in [0.1, 0.15) is 16.9 Å². The lowest BCUT2D eigenvalue weighted by Crippen LogP contribution is -2.46. The summed E-state index contributed by atoms with van der Waals surface area (Å²) in [4.78, 5) is 38.5. The first-order valence-electron chi connectivity index (χ1n) is 17.0. The van der Waals surface area contributed by atoms with Gasteiger partial charge >= 0.3 is 6.09 Å². The molecule has 0 spiro atoms. The van der Waals surface area contributed by atoms with Crippen LogP contribution in [-0.4, -0.2) is 67.3 Å². The van der Waals surface area contributed by atoms with Crippen molar-refractivity contribution in [3.8, 4) is 17.3 Å². The Labute approximate surface area is 280 Å². The van der Waals surface area contributed by atoms with Crippen LogP contribution in [0.1, 0.15) is 62.4 Å². The summed E-state index contributed by atoms with van der Waals surface area (Å²) in [6, 6.07) is 18.3. The minimum absolute atomic E-state index is 0.0791. The highest BCUT2D eigenvalue weighted by atomic mass is 16.6. The van der Waals surface area contributed by atoms with Crippen molar-refractivity contribution in [3.63, 3.8) is 0 Å². The highest BCUT2D eigenvalue weighted by Crippen LogP contribution is 2.41. The molecule has 10 heteroatoms. The van der Waals surface area contributed by atoms with Gasteiger partial charge in [0.15, 0.2) is 5.82 Å². The number of hydrogen-bond acceptors (Lipinski definition) is 6. The molecule has 1 N–H and O–H groups in total. The molecule has 2 amide bonds. The number of likely N-dealkylation sites (tertiary alicyclic amines) is 1. The number of hydrogen-bond donors (Lipinski definition) is 1. The van der Waals surface area contributed by atoms with Crippen molar-refractivity contribution in [1.82, 2.24) is 29.3 Å². The van der Waals surface area contributed by atoms with Crippen LogP contribution >= 0.6 is 0 Å². The van der Waals surface area contributed by atoms with Crippen molar-refractivity contribution in [1.29, 1.82) is 0 Å². The number of carbonyl (C=O) groups excluding carboxylic acids is 2. The second-order valence-electron chi connectivity index (χ2n) is 14.6. The van der Waals surface area contributed by atoms with Gasteiger partial charge in [-0.3, -0.25) is 9.78 Å². The molecule has 0 radical (unpaired) electrons. The molecule has 10 nitrogen and oxygen atoms in total. The van der Waals surface area contributed by atoms with E-state index in [1.165, 1.54) is 23.7 Å². The summed E-state index contributed by atoms with van der Waals surface area (Å²) in [5.74, 6) is 2.20. The first-order valence-corrected chi connectivity index (χ1v) is 17.0. The van der Waals surface area contributed by atoms with Crippen LogP contribution < -0.4 is 10.1 Å². The maximum atomic E-state index is 14.2. The zero-order valence-electron chi connectivity index (χ0n) is 28.0. The molecule has 2 aliphatic carbocycles. The van der Waals surface area contributed by atoms with Crippen LogP contribution in [0.15, 0.2) is 67.0 Å². The molecule has 8 rings (SSSR count). The van der Waals surface area contributed by atoms with Gasteiger partial charge in [0.25, 0.3) is 5.91 Å². The minimum Gasteiger partial charge on any atom is -0.494 e. The average molecular weight is 647 g/mol. The number of nitrogens with zero attached hydrogens (tertiary/aromatic N) is 5. The predicted molar refractivity (Wildman–Crippen MR) is 184 cm³/mol. The molecule has 3 aliphatic rings. The van der Waals surface area contributed by atoms with Crippen molar-refractivity contribution in [3.05, 3.63) is 78.1 Å². The first kappa shape index (κ1) is 30.5.